The van der Waals surface area contributed by atoms with E-state index in [1.165, 1.54) is 17.3 Å². The SMILES string of the molecule is CS(=O)(=O)c1cnc(O[C@H]2CC[C@H](OC3CCN(CC(F)(F)C(F)F)CC3)CC2)cn1. The fourth-order valence-electron chi connectivity index (χ4n) is 3.86. The summed E-state index contributed by atoms with van der Waals surface area (Å²) in [5.41, 5.74) is 0. The van der Waals surface area contributed by atoms with Crippen LogP contribution in [0.15, 0.2) is 17.4 Å². The summed E-state index contributed by atoms with van der Waals surface area (Å²) < 4.78 is 85.8. The van der Waals surface area contributed by atoms with Crippen LogP contribution < -0.4 is 4.74 Å². The zero-order valence-electron chi connectivity index (χ0n) is 17.2. The lowest BCUT2D eigenvalue weighted by atomic mass is 9.94. The minimum Gasteiger partial charge on any atom is -0.473 e. The largest absolute Gasteiger partial charge is 0.473 e. The molecule has 1 aliphatic carbocycles. The van der Waals surface area contributed by atoms with Crippen molar-refractivity contribution in [1.29, 1.82) is 0 Å². The van der Waals surface area contributed by atoms with Crippen molar-refractivity contribution in [3.05, 3.63) is 12.4 Å². The first-order valence-corrected chi connectivity index (χ1v) is 12.1. The first kappa shape index (κ1) is 24.1. The van der Waals surface area contributed by atoms with Crippen molar-refractivity contribution in [2.24, 2.45) is 0 Å². The maximum atomic E-state index is 13.2. The monoisotopic (exact) mass is 469 g/mol. The Kier molecular flexibility index (Phi) is 7.74. The van der Waals surface area contributed by atoms with E-state index in [0.717, 1.165) is 31.9 Å². The summed E-state index contributed by atoms with van der Waals surface area (Å²) in [6, 6.07) is 0. The molecule has 12 heteroatoms. The van der Waals surface area contributed by atoms with E-state index in [0.29, 0.717) is 25.9 Å². The zero-order chi connectivity index (χ0) is 22.6. The summed E-state index contributed by atoms with van der Waals surface area (Å²) in [7, 11) is -3.41. The molecule has 0 atom stereocenters. The summed E-state index contributed by atoms with van der Waals surface area (Å²) in [4.78, 5) is 9.22. The van der Waals surface area contributed by atoms with Crippen LogP contribution in [-0.4, -0.2) is 79.8 Å². The van der Waals surface area contributed by atoms with E-state index < -0.39 is 28.7 Å². The second kappa shape index (κ2) is 9.95. The molecule has 7 nitrogen and oxygen atoms in total. The Bertz CT molecular complexity index is 810. The highest BCUT2D eigenvalue weighted by atomic mass is 32.2. The molecular weight excluding hydrogens is 442 g/mol. The van der Waals surface area contributed by atoms with Gasteiger partial charge in [0.25, 0.3) is 0 Å². The number of alkyl halides is 4. The van der Waals surface area contributed by atoms with Gasteiger partial charge in [-0.3, -0.25) is 4.90 Å². The minimum atomic E-state index is -3.98. The Labute approximate surface area is 179 Å². The molecule has 31 heavy (non-hydrogen) atoms. The number of hydrogen-bond acceptors (Lipinski definition) is 7. The standard InChI is InChI=1S/C19H27F4N3O4S/c1-31(27,28)17-11-24-16(10-25-17)30-14-4-2-13(3-5-14)29-15-6-8-26(9-7-15)12-19(22,23)18(20)21/h10-11,13-15,18H,2-9,12H2,1H3/t13-,14-. The Morgan fingerprint density at radius 1 is 1.03 bits per heavy atom. The van der Waals surface area contributed by atoms with Crippen LogP contribution in [0.5, 0.6) is 5.88 Å². The first-order chi connectivity index (χ1) is 14.5. The zero-order valence-corrected chi connectivity index (χ0v) is 18.0. The molecule has 2 aliphatic rings. The number of likely N-dealkylation sites (tertiary alicyclic amines) is 1. The maximum Gasteiger partial charge on any atom is 0.319 e. The molecule has 1 saturated heterocycles. The third-order valence-corrected chi connectivity index (χ3v) is 6.54. The molecule has 0 amide bonds. The summed E-state index contributed by atoms with van der Waals surface area (Å²) >= 11 is 0. The van der Waals surface area contributed by atoms with Crippen molar-refractivity contribution in [1.82, 2.24) is 14.9 Å². The van der Waals surface area contributed by atoms with Crippen molar-refractivity contribution in [3.8, 4) is 5.88 Å². The summed E-state index contributed by atoms with van der Waals surface area (Å²) in [6.45, 7) is -0.297. The Balaban J connectivity index is 1.37. The van der Waals surface area contributed by atoms with Gasteiger partial charge in [0.1, 0.15) is 6.10 Å². The highest BCUT2D eigenvalue weighted by Gasteiger charge is 2.42. The van der Waals surface area contributed by atoms with Gasteiger partial charge in [-0.2, -0.15) is 8.78 Å². The highest BCUT2D eigenvalue weighted by molar-refractivity contribution is 7.90. The molecule has 2 heterocycles. The smallest absolute Gasteiger partial charge is 0.319 e. The predicted octanol–water partition coefficient (Wildman–Crippen LogP) is 2.95. The van der Waals surface area contributed by atoms with Gasteiger partial charge < -0.3 is 9.47 Å². The van der Waals surface area contributed by atoms with Crippen molar-refractivity contribution < 1.29 is 35.5 Å². The third-order valence-electron chi connectivity index (χ3n) is 5.57. The Morgan fingerprint density at radius 3 is 2.13 bits per heavy atom. The predicted molar refractivity (Wildman–Crippen MR) is 103 cm³/mol. The lowest BCUT2D eigenvalue weighted by molar-refractivity contribution is -0.148. The number of aromatic nitrogens is 2. The Morgan fingerprint density at radius 2 is 1.61 bits per heavy atom. The summed E-state index contributed by atoms with van der Waals surface area (Å²) in [6.07, 6.45) is 3.86. The Hall–Kier alpha value is -1.53. The third kappa shape index (κ3) is 6.98. The van der Waals surface area contributed by atoms with Crippen molar-refractivity contribution >= 4 is 9.84 Å². The van der Waals surface area contributed by atoms with Gasteiger partial charge in [0.2, 0.25) is 5.88 Å². The van der Waals surface area contributed by atoms with Crippen molar-refractivity contribution in [3.63, 3.8) is 0 Å². The van der Waals surface area contributed by atoms with Gasteiger partial charge in [-0.15, -0.1) is 0 Å². The fourth-order valence-corrected chi connectivity index (χ4v) is 4.34. The van der Waals surface area contributed by atoms with Gasteiger partial charge in [-0.1, -0.05) is 0 Å². The van der Waals surface area contributed by atoms with Crippen LogP contribution in [0.25, 0.3) is 0 Å². The molecule has 1 saturated carbocycles. The number of nitrogens with zero attached hydrogens (tertiary/aromatic N) is 3. The molecule has 1 aromatic rings. The molecule has 1 aromatic heterocycles. The quantitative estimate of drug-likeness (QED) is 0.542. The topological polar surface area (TPSA) is 81.6 Å². The van der Waals surface area contributed by atoms with Crippen molar-refractivity contribution in [2.75, 3.05) is 25.9 Å². The molecule has 2 fully saturated rings. The molecule has 0 radical (unpaired) electrons. The van der Waals surface area contributed by atoms with Crippen LogP contribution in [0.1, 0.15) is 38.5 Å². The number of sulfone groups is 1. The van der Waals surface area contributed by atoms with Crippen LogP contribution in [0.2, 0.25) is 0 Å². The molecule has 3 rings (SSSR count). The molecule has 1 aliphatic heterocycles. The molecule has 0 N–H and O–H groups in total. The summed E-state index contributed by atoms with van der Waals surface area (Å²) in [5, 5.41) is -0.110. The van der Waals surface area contributed by atoms with Crippen molar-refractivity contribution in [2.45, 2.75) is 74.2 Å². The number of ether oxygens (including phenoxy) is 2. The van der Waals surface area contributed by atoms with E-state index in [9.17, 15) is 26.0 Å². The van der Waals surface area contributed by atoms with E-state index in [-0.39, 0.29) is 29.2 Å². The lowest BCUT2D eigenvalue weighted by Crippen LogP contribution is -2.46. The molecular formula is C19H27F4N3O4S. The van der Waals surface area contributed by atoms with Gasteiger partial charge in [0.05, 0.1) is 31.1 Å². The van der Waals surface area contributed by atoms with E-state index >= 15 is 0 Å². The maximum absolute atomic E-state index is 13.2. The molecule has 0 bridgehead atoms. The molecule has 0 spiro atoms. The van der Waals surface area contributed by atoms with E-state index in [1.54, 1.807) is 0 Å². The van der Waals surface area contributed by atoms with Crippen LogP contribution >= 0.6 is 0 Å². The number of halogens is 4. The van der Waals surface area contributed by atoms with E-state index in [2.05, 4.69) is 9.97 Å². The van der Waals surface area contributed by atoms with Crippen LogP contribution in [0.4, 0.5) is 17.6 Å². The summed E-state index contributed by atoms with van der Waals surface area (Å²) in [5.74, 6) is -3.72. The van der Waals surface area contributed by atoms with Gasteiger partial charge in [-0.25, -0.2) is 27.2 Å². The van der Waals surface area contributed by atoms with E-state index in [1.807, 2.05) is 0 Å². The first-order valence-electron chi connectivity index (χ1n) is 10.3. The van der Waals surface area contributed by atoms with Crippen LogP contribution in [0.3, 0.4) is 0 Å². The second-order valence-electron chi connectivity index (χ2n) is 8.15. The molecule has 0 unspecified atom stereocenters. The second-order valence-corrected chi connectivity index (χ2v) is 10.1. The average molecular weight is 470 g/mol. The molecule has 176 valence electrons. The number of piperidine rings is 1. The molecule has 0 aromatic carbocycles. The van der Waals surface area contributed by atoms with Gasteiger partial charge in [-0.05, 0) is 38.5 Å². The highest BCUT2D eigenvalue weighted by Crippen LogP contribution is 2.29. The van der Waals surface area contributed by atoms with Crippen LogP contribution in [-0.2, 0) is 14.6 Å². The minimum absolute atomic E-state index is 0.0394. The van der Waals surface area contributed by atoms with Gasteiger partial charge in [0, 0.05) is 19.3 Å². The van der Waals surface area contributed by atoms with Gasteiger partial charge in [0.15, 0.2) is 14.9 Å². The van der Waals surface area contributed by atoms with E-state index in [4.69, 9.17) is 9.47 Å². The average Bonchev–Trinajstić information content (AvgIpc) is 2.70. The van der Waals surface area contributed by atoms with Gasteiger partial charge >= 0.3 is 12.3 Å². The normalized spacial score (nSPS) is 24.5. The lowest BCUT2D eigenvalue weighted by Gasteiger charge is -2.36. The number of rotatable bonds is 8. The fraction of sp³-hybridized carbons (Fsp3) is 0.789. The van der Waals surface area contributed by atoms with Crippen LogP contribution in [0, 0.1) is 0 Å². The number of hydrogen-bond donors (Lipinski definition) is 0.